The molecule has 32 heavy (non-hydrogen) atoms. The number of ether oxygens (including phenoxy) is 1. The van der Waals surface area contributed by atoms with Gasteiger partial charge in [0.25, 0.3) is 10.1 Å². The molecule has 0 aliphatic heterocycles. The molecule has 0 saturated heterocycles. The molecular formula is C25H35KO5S. The third-order valence-corrected chi connectivity index (χ3v) is 6.18. The maximum Gasteiger partial charge on any atom is 1.00 e. The Morgan fingerprint density at radius 2 is 1.41 bits per heavy atom. The molecule has 1 N–H and O–H groups in total. The zero-order valence-corrected chi connectivity index (χ0v) is 23.5. The molecule has 0 aliphatic rings. The van der Waals surface area contributed by atoms with Gasteiger partial charge in [-0.05, 0) is 42.7 Å². The molecule has 0 saturated carbocycles. The maximum absolute atomic E-state index is 11.7. The van der Waals surface area contributed by atoms with Crippen LogP contribution < -0.4 is 61.2 Å². The molecule has 0 heterocycles. The van der Waals surface area contributed by atoms with Crippen LogP contribution in [0.3, 0.4) is 0 Å². The van der Waals surface area contributed by atoms with E-state index in [2.05, 4.69) is 6.92 Å². The molecule has 2 aromatic carbocycles. The number of benzene rings is 2. The van der Waals surface area contributed by atoms with Crippen molar-refractivity contribution in [1.82, 2.24) is 0 Å². The number of rotatable bonds is 15. The fourth-order valence-electron chi connectivity index (χ4n) is 3.65. The van der Waals surface area contributed by atoms with Gasteiger partial charge in [0.2, 0.25) is 0 Å². The van der Waals surface area contributed by atoms with Gasteiger partial charge in [0.05, 0.1) is 4.90 Å². The monoisotopic (exact) mass is 486 g/mol. The summed E-state index contributed by atoms with van der Waals surface area (Å²) in [5, 5.41) is 11.5. The Morgan fingerprint density at radius 3 is 1.97 bits per heavy atom. The van der Waals surface area contributed by atoms with E-state index >= 15 is 0 Å². The Balaban J connectivity index is 0.00000512. The van der Waals surface area contributed by atoms with Gasteiger partial charge in [0.1, 0.15) is 11.5 Å². The molecule has 172 valence electrons. The first-order valence-electron chi connectivity index (χ1n) is 11.4. The number of hydrogen-bond donors (Lipinski definition) is 1. The van der Waals surface area contributed by atoms with Gasteiger partial charge in [-0.25, -0.2) is 0 Å². The Kier molecular flexibility index (Phi) is 15.0. The van der Waals surface area contributed by atoms with Crippen molar-refractivity contribution in [3.63, 3.8) is 0 Å². The first kappa shape index (κ1) is 29.6. The quantitative estimate of drug-likeness (QED) is 0.236. The topological polar surface area (TPSA) is 86.7 Å². The first-order chi connectivity index (χ1) is 14.9. The molecule has 0 amide bonds. The van der Waals surface area contributed by atoms with Gasteiger partial charge in [0.15, 0.2) is 0 Å². The standard InChI is InChI=1S/C25H36O5S.K/c1-2-3-4-5-6-7-8-9-10-11-12-14-21-17-24(20-25(18-21)31(27,28)29)30-23-16-13-15-22(26)19-23;/h13,15-20,26H,2-12,14H2,1H3,(H,27,28,29);/q;+1/p-1. The van der Waals surface area contributed by atoms with Crippen molar-refractivity contribution in [2.24, 2.45) is 0 Å². The largest absolute Gasteiger partial charge is 1.00 e. The molecule has 0 radical (unpaired) electrons. The van der Waals surface area contributed by atoms with E-state index < -0.39 is 10.1 Å². The summed E-state index contributed by atoms with van der Waals surface area (Å²) in [5.74, 6) is 0.434. The summed E-state index contributed by atoms with van der Waals surface area (Å²) in [6.07, 6.45) is 14.4. The average molecular weight is 487 g/mol. The zero-order chi connectivity index (χ0) is 22.5. The molecule has 0 bridgehead atoms. The Hall–Kier alpha value is -0.414. The second kappa shape index (κ2) is 16.3. The maximum atomic E-state index is 11.7. The van der Waals surface area contributed by atoms with Gasteiger partial charge in [-0.1, -0.05) is 83.3 Å². The third kappa shape index (κ3) is 12.2. The SMILES string of the molecule is CCCCCCCCCCCCCc1cc(Oc2cccc([O-])c2)cc(S(=O)(=O)O)c1.[K+]. The summed E-state index contributed by atoms with van der Waals surface area (Å²) in [6.45, 7) is 2.24. The molecule has 2 aromatic rings. The molecule has 2 rings (SSSR count). The van der Waals surface area contributed by atoms with E-state index in [-0.39, 0.29) is 62.0 Å². The summed E-state index contributed by atoms with van der Waals surface area (Å²) in [6, 6.07) is 10.5. The van der Waals surface area contributed by atoms with Gasteiger partial charge < -0.3 is 9.84 Å². The predicted octanol–water partition coefficient (Wildman–Crippen LogP) is 3.66. The van der Waals surface area contributed by atoms with Crippen molar-refractivity contribution in [3.8, 4) is 17.2 Å². The van der Waals surface area contributed by atoms with Crippen LogP contribution in [0.15, 0.2) is 47.4 Å². The molecule has 0 fully saturated rings. The Labute approximate surface area is 236 Å². The van der Waals surface area contributed by atoms with E-state index in [0.717, 1.165) is 18.4 Å². The van der Waals surface area contributed by atoms with Crippen LogP contribution >= 0.6 is 0 Å². The fourth-order valence-corrected chi connectivity index (χ4v) is 4.22. The van der Waals surface area contributed by atoms with Crippen molar-refractivity contribution in [2.45, 2.75) is 88.9 Å². The van der Waals surface area contributed by atoms with E-state index in [1.54, 1.807) is 18.2 Å². The molecule has 7 heteroatoms. The third-order valence-electron chi connectivity index (χ3n) is 5.35. The summed E-state index contributed by atoms with van der Waals surface area (Å²) < 4.78 is 38.4. The normalized spacial score (nSPS) is 11.2. The van der Waals surface area contributed by atoms with Crippen LogP contribution in [0.4, 0.5) is 0 Å². The molecule has 0 unspecified atom stereocenters. The smallest absolute Gasteiger partial charge is 0.872 e. The summed E-state index contributed by atoms with van der Waals surface area (Å²) in [7, 11) is -4.34. The van der Waals surface area contributed by atoms with Crippen LogP contribution in [-0.2, 0) is 16.5 Å². The molecule has 0 aromatic heterocycles. The second-order valence-electron chi connectivity index (χ2n) is 8.15. The summed E-state index contributed by atoms with van der Waals surface area (Å²) in [4.78, 5) is -0.193. The molecule has 5 nitrogen and oxygen atoms in total. The van der Waals surface area contributed by atoms with E-state index in [1.807, 2.05) is 0 Å². The first-order valence-corrected chi connectivity index (χ1v) is 12.9. The predicted molar refractivity (Wildman–Crippen MR) is 122 cm³/mol. The average Bonchev–Trinajstić information content (AvgIpc) is 2.71. The minimum Gasteiger partial charge on any atom is -0.872 e. The van der Waals surface area contributed by atoms with Crippen LogP contribution in [0.5, 0.6) is 17.2 Å². The minimum atomic E-state index is -4.34. The van der Waals surface area contributed by atoms with Gasteiger partial charge in [0, 0.05) is 6.07 Å². The van der Waals surface area contributed by atoms with Crippen LogP contribution in [0, 0.1) is 0 Å². The van der Waals surface area contributed by atoms with Crippen molar-refractivity contribution in [1.29, 1.82) is 0 Å². The van der Waals surface area contributed by atoms with E-state index in [9.17, 15) is 18.1 Å². The Bertz CT molecular complexity index is 899. The minimum absolute atomic E-state index is 0. The zero-order valence-electron chi connectivity index (χ0n) is 19.5. The second-order valence-corrected chi connectivity index (χ2v) is 9.57. The molecule has 0 atom stereocenters. The van der Waals surface area contributed by atoms with Crippen molar-refractivity contribution in [3.05, 3.63) is 48.0 Å². The van der Waals surface area contributed by atoms with Gasteiger partial charge in [-0.3, -0.25) is 4.55 Å². The van der Waals surface area contributed by atoms with Gasteiger partial charge in [-0.15, -0.1) is 5.75 Å². The van der Waals surface area contributed by atoms with Gasteiger partial charge >= 0.3 is 51.4 Å². The number of unbranched alkanes of at least 4 members (excludes halogenated alkanes) is 10. The number of hydrogen-bond acceptors (Lipinski definition) is 4. The van der Waals surface area contributed by atoms with Gasteiger partial charge in [-0.2, -0.15) is 8.42 Å². The number of aryl methyl sites for hydroxylation is 1. The summed E-state index contributed by atoms with van der Waals surface area (Å²) in [5.41, 5.74) is 0.791. The van der Waals surface area contributed by atoms with Crippen LogP contribution in [0.2, 0.25) is 0 Å². The van der Waals surface area contributed by atoms with Crippen LogP contribution in [0.1, 0.15) is 83.1 Å². The van der Waals surface area contributed by atoms with Crippen molar-refractivity contribution >= 4 is 10.1 Å². The molecule has 0 spiro atoms. The van der Waals surface area contributed by atoms with E-state index in [4.69, 9.17) is 4.74 Å². The fraction of sp³-hybridized carbons (Fsp3) is 0.520. The molecule has 0 aliphatic carbocycles. The van der Waals surface area contributed by atoms with E-state index in [0.29, 0.717) is 17.9 Å². The van der Waals surface area contributed by atoms with Crippen LogP contribution in [0.25, 0.3) is 0 Å². The van der Waals surface area contributed by atoms with Crippen LogP contribution in [-0.4, -0.2) is 13.0 Å². The summed E-state index contributed by atoms with van der Waals surface area (Å²) >= 11 is 0. The van der Waals surface area contributed by atoms with E-state index in [1.165, 1.54) is 82.1 Å². The van der Waals surface area contributed by atoms with Crippen molar-refractivity contribution in [2.75, 3.05) is 0 Å². The molecular weight excluding hydrogens is 451 g/mol. The Morgan fingerprint density at radius 1 is 0.812 bits per heavy atom. The van der Waals surface area contributed by atoms with Crippen molar-refractivity contribution < 1.29 is 74.2 Å².